The minimum atomic E-state index is -0.461. The lowest BCUT2D eigenvalue weighted by atomic mass is 10.1. The molecule has 0 spiro atoms. The number of methoxy groups -OCH3 is 1. The number of carbonyl (C=O) groups excluding carboxylic acids is 3. The fourth-order valence-corrected chi connectivity index (χ4v) is 2.92. The van der Waals surface area contributed by atoms with Crippen LogP contribution in [0, 0.1) is 0 Å². The van der Waals surface area contributed by atoms with Crippen LogP contribution in [0.4, 0.5) is 11.4 Å². The van der Waals surface area contributed by atoms with Gasteiger partial charge in [0.05, 0.1) is 12.7 Å². The second-order valence-corrected chi connectivity index (χ2v) is 6.08. The number of nitrogens with zero attached hydrogens (tertiary/aromatic N) is 1. The quantitative estimate of drug-likeness (QED) is 0.857. The molecule has 0 saturated carbocycles. The van der Waals surface area contributed by atoms with Crippen molar-refractivity contribution in [2.45, 2.75) is 19.3 Å². The van der Waals surface area contributed by atoms with Gasteiger partial charge in [0.1, 0.15) is 0 Å². The number of amides is 2. The van der Waals surface area contributed by atoms with Crippen molar-refractivity contribution in [2.75, 3.05) is 23.9 Å². The van der Waals surface area contributed by atoms with Gasteiger partial charge in [-0.1, -0.05) is 6.07 Å². The maximum atomic E-state index is 12.4. The second-order valence-electron chi connectivity index (χ2n) is 6.08. The lowest BCUT2D eigenvalue weighted by Gasteiger charge is -2.26. The number of nitrogens with one attached hydrogen (secondary N) is 1. The molecule has 0 bridgehead atoms. The van der Waals surface area contributed by atoms with E-state index in [-0.39, 0.29) is 11.8 Å². The average molecular weight is 352 g/mol. The van der Waals surface area contributed by atoms with E-state index >= 15 is 0 Å². The molecule has 26 heavy (non-hydrogen) atoms. The summed E-state index contributed by atoms with van der Waals surface area (Å²) in [6, 6.07) is 13.5. The monoisotopic (exact) mass is 352 g/mol. The zero-order valence-electron chi connectivity index (χ0n) is 14.5. The summed E-state index contributed by atoms with van der Waals surface area (Å²) >= 11 is 0. The van der Waals surface area contributed by atoms with E-state index in [2.05, 4.69) is 10.1 Å². The molecule has 1 aliphatic heterocycles. The second kappa shape index (κ2) is 7.82. The van der Waals surface area contributed by atoms with E-state index in [0.717, 1.165) is 18.5 Å². The van der Waals surface area contributed by atoms with Gasteiger partial charge < -0.3 is 15.0 Å². The lowest BCUT2D eigenvalue weighted by Crippen LogP contribution is -2.35. The first-order valence-corrected chi connectivity index (χ1v) is 8.48. The third-order valence-corrected chi connectivity index (χ3v) is 4.31. The van der Waals surface area contributed by atoms with E-state index in [9.17, 15) is 14.4 Å². The Labute approximate surface area is 151 Å². The third kappa shape index (κ3) is 3.91. The number of benzene rings is 2. The highest BCUT2D eigenvalue weighted by Crippen LogP contribution is 2.22. The van der Waals surface area contributed by atoms with Gasteiger partial charge in [-0.15, -0.1) is 0 Å². The molecular formula is C20H20N2O4. The third-order valence-electron chi connectivity index (χ3n) is 4.31. The maximum absolute atomic E-state index is 12.4. The molecule has 2 aromatic carbocycles. The summed E-state index contributed by atoms with van der Waals surface area (Å²) < 4.78 is 4.68. The van der Waals surface area contributed by atoms with Gasteiger partial charge in [-0.25, -0.2) is 4.79 Å². The molecule has 1 fully saturated rings. The first-order chi connectivity index (χ1) is 12.6. The van der Waals surface area contributed by atoms with Crippen LogP contribution in [-0.4, -0.2) is 31.4 Å². The van der Waals surface area contributed by atoms with Crippen LogP contribution in [0.25, 0.3) is 0 Å². The standard InChI is InChI=1S/C20H20N2O4/c1-26-20(25)15-5-4-6-16(13-15)21-19(24)14-8-10-17(11-9-14)22-12-3-2-7-18(22)23/h4-6,8-11,13H,2-3,7,12H2,1H3,(H,21,24). The molecule has 2 amide bonds. The topological polar surface area (TPSA) is 75.7 Å². The molecule has 6 nitrogen and oxygen atoms in total. The number of anilines is 2. The van der Waals surface area contributed by atoms with Gasteiger partial charge in [0.2, 0.25) is 5.91 Å². The van der Waals surface area contributed by atoms with Crippen molar-refractivity contribution in [3.05, 3.63) is 59.7 Å². The maximum Gasteiger partial charge on any atom is 0.337 e. The van der Waals surface area contributed by atoms with Gasteiger partial charge in [-0.3, -0.25) is 9.59 Å². The van der Waals surface area contributed by atoms with Crippen LogP contribution >= 0.6 is 0 Å². The van der Waals surface area contributed by atoms with E-state index in [1.165, 1.54) is 7.11 Å². The van der Waals surface area contributed by atoms with E-state index < -0.39 is 5.97 Å². The summed E-state index contributed by atoms with van der Waals surface area (Å²) in [5.41, 5.74) is 2.15. The van der Waals surface area contributed by atoms with Crippen molar-refractivity contribution in [3.8, 4) is 0 Å². The first-order valence-electron chi connectivity index (χ1n) is 8.48. The SMILES string of the molecule is COC(=O)c1cccc(NC(=O)c2ccc(N3CCCCC3=O)cc2)c1. The summed E-state index contributed by atoms with van der Waals surface area (Å²) in [6.07, 6.45) is 2.49. The van der Waals surface area contributed by atoms with Gasteiger partial charge in [0.25, 0.3) is 5.91 Å². The number of piperidine rings is 1. The highest BCUT2D eigenvalue weighted by Gasteiger charge is 2.19. The van der Waals surface area contributed by atoms with Crippen LogP contribution in [0.5, 0.6) is 0 Å². The molecule has 0 aromatic heterocycles. The predicted molar refractivity (Wildman–Crippen MR) is 98.4 cm³/mol. The molecule has 0 radical (unpaired) electrons. The van der Waals surface area contributed by atoms with Crippen molar-refractivity contribution >= 4 is 29.2 Å². The summed E-state index contributed by atoms with van der Waals surface area (Å²) in [5, 5.41) is 2.76. The number of hydrogen-bond donors (Lipinski definition) is 1. The Morgan fingerprint density at radius 2 is 1.81 bits per heavy atom. The molecular weight excluding hydrogens is 332 g/mol. The Hall–Kier alpha value is -3.15. The minimum Gasteiger partial charge on any atom is -0.465 e. The molecule has 1 N–H and O–H groups in total. The summed E-state index contributed by atoms with van der Waals surface area (Å²) in [4.78, 5) is 37.7. The van der Waals surface area contributed by atoms with E-state index in [0.29, 0.717) is 29.8 Å². The molecule has 0 atom stereocenters. The first kappa shape index (κ1) is 17.7. The zero-order chi connectivity index (χ0) is 18.5. The normalized spacial score (nSPS) is 14.0. The summed E-state index contributed by atoms with van der Waals surface area (Å²) in [6.45, 7) is 0.713. The number of esters is 1. The number of rotatable bonds is 4. The van der Waals surface area contributed by atoms with Crippen LogP contribution in [0.1, 0.15) is 40.0 Å². The Morgan fingerprint density at radius 1 is 1.04 bits per heavy atom. The van der Waals surface area contributed by atoms with E-state index in [1.807, 2.05) is 0 Å². The van der Waals surface area contributed by atoms with Gasteiger partial charge in [0, 0.05) is 29.9 Å². The van der Waals surface area contributed by atoms with Crippen molar-refractivity contribution in [2.24, 2.45) is 0 Å². The van der Waals surface area contributed by atoms with Gasteiger partial charge in [0.15, 0.2) is 0 Å². The van der Waals surface area contributed by atoms with Gasteiger partial charge in [-0.2, -0.15) is 0 Å². The van der Waals surface area contributed by atoms with Crippen LogP contribution in [0.3, 0.4) is 0 Å². The van der Waals surface area contributed by atoms with E-state index in [1.54, 1.807) is 53.4 Å². The molecule has 3 rings (SSSR count). The molecule has 0 aliphatic carbocycles. The Balaban J connectivity index is 1.70. The lowest BCUT2D eigenvalue weighted by molar-refractivity contribution is -0.119. The number of hydrogen-bond acceptors (Lipinski definition) is 4. The zero-order valence-corrected chi connectivity index (χ0v) is 14.5. The molecule has 1 saturated heterocycles. The Kier molecular flexibility index (Phi) is 5.31. The molecule has 1 heterocycles. The van der Waals surface area contributed by atoms with Crippen molar-refractivity contribution < 1.29 is 19.1 Å². The molecule has 2 aromatic rings. The van der Waals surface area contributed by atoms with Crippen molar-refractivity contribution in [1.82, 2.24) is 0 Å². The molecule has 134 valence electrons. The number of carbonyl (C=O) groups is 3. The van der Waals surface area contributed by atoms with Crippen LogP contribution in [0.2, 0.25) is 0 Å². The smallest absolute Gasteiger partial charge is 0.337 e. The Morgan fingerprint density at radius 3 is 2.50 bits per heavy atom. The number of ether oxygens (including phenoxy) is 1. The fourth-order valence-electron chi connectivity index (χ4n) is 2.92. The summed E-state index contributed by atoms with van der Waals surface area (Å²) in [7, 11) is 1.31. The van der Waals surface area contributed by atoms with Crippen LogP contribution < -0.4 is 10.2 Å². The minimum absolute atomic E-state index is 0.119. The van der Waals surface area contributed by atoms with Gasteiger partial charge in [-0.05, 0) is 55.3 Å². The largest absolute Gasteiger partial charge is 0.465 e. The fraction of sp³-hybridized carbons (Fsp3) is 0.250. The highest BCUT2D eigenvalue weighted by molar-refractivity contribution is 6.05. The summed E-state index contributed by atoms with van der Waals surface area (Å²) in [5.74, 6) is -0.631. The predicted octanol–water partition coefficient (Wildman–Crippen LogP) is 3.24. The van der Waals surface area contributed by atoms with Crippen LogP contribution in [0.15, 0.2) is 48.5 Å². The Bertz CT molecular complexity index is 830. The van der Waals surface area contributed by atoms with E-state index in [4.69, 9.17) is 0 Å². The van der Waals surface area contributed by atoms with Crippen LogP contribution in [-0.2, 0) is 9.53 Å². The molecule has 6 heteroatoms. The van der Waals surface area contributed by atoms with Crippen molar-refractivity contribution in [3.63, 3.8) is 0 Å². The van der Waals surface area contributed by atoms with Gasteiger partial charge >= 0.3 is 5.97 Å². The van der Waals surface area contributed by atoms with Crippen molar-refractivity contribution in [1.29, 1.82) is 0 Å². The molecule has 0 unspecified atom stereocenters. The highest BCUT2D eigenvalue weighted by atomic mass is 16.5. The molecule has 1 aliphatic rings. The average Bonchev–Trinajstić information content (AvgIpc) is 2.68.